The Balaban J connectivity index is 2.46. The highest BCUT2D eigenvalue weighted by Gasteiger charge is 2.04. The molecule has 1 rings (SSSR count). The van der Waals surface area contributed by atoms with Gasteiger partial charge in [0.25, 0.3) is 0 Å². The van der Waals surface area contributed by atoms with Crippen molar-refractivity contribution in [1.82, 2.24) is 4.90 Å². The fourth-order valence-corrected chi connectivity index (χ4v) is 1.49. The summed E-state index contributed by atoms with van der Waals surface area (Å²) in [5.74, 6) is 0. The Hall–Kier alpha value is -0.930. The molecule has 0 aliphatic heterocycles. The predicted molar refractivity (Wildman–Crippen MR) is 72.1 cm³/mol. The molecule has 3 N–H and O–H groups in total. The summed E-state index contributed by atoms with van der Waals surface area (Å²) in [6, 6.07) is 6.19. The van der Waals surface area contributed by atoms with Gasteiger partial charge in [-0.25, -0.2) is 0 Å². The van der Waals surface area contributed by atoms with Gasteiger partial charge in [-0.3, -0.25) is 0 Å². The van der Waals surface area contributed by atoms with Crippen molar-refractivity contribution in [2.75, 3.05) is 31.2 Å². The number of likely N-dealkylation sites (N-methyl/N-ethyl adjacent to an activating group) is 1. The fourth-order valence-electron chi connectivity index (χ4n) is 1.32. The number of benzene rings is 1. The highest BCUT2D eigenvalue weighted by molar-refractivity contribution is 6.33. The molecule has 1 aromatic carbocycles. The number of halogens is 1. The number of rotatable bonds is 5. The van der Waals surface area contributed by atoms with Crippen molar-refractivity contribution in [3.63, 3.8) is 0 Å². The molecule has 0 heterocycles. The van der Waals surface area contributed by atoms with Crippen LogP contribution in [0.3, 0.4) is 0 Å². The zero-order chi connectivity index (χ0) is 12.1. The summed E-state index contributed by atoms with van der Waals surface area (Å²) in [7, 11) is 2.10. The van der Waals surface area contributed by atoms with Gasteiger partial charge in [0.2, 0.25) is 0 Å². The summed E-state index contributed by atoms with van der Waals surface area (Å²) in [5, 5.41) is 3.89. The van der Waals surface area contributed by atoms with E-state index in [1.165, 1.54) is 0 Å². The summed E-state index contributed by atoms with van der Waals surface area (Å²) in [4.78, 5) is 2.27. The third-order valence-corrected chi connectivity index (χ3v) is 3.04. The summed E-state index contributed by atoms with van der Waals surface area (Å²) in [5.41, 5.74) is 7.38. The number of nitrogens with one attached hydrogen (secondary N) is 1. The first kappa shape index (κ1) is 13.1. The van der Waals surface area contributed by atoms with Crippen LogP contribution in [0.5, 0.6) is 0 Å². The van der Waals surface area contributed by atoms with Crippen molar-refractivity contribution in [2.24, 2.45) is 0 Å². The van der Waals surface area contributed by atoms with Crippen molar-refractivity contribution in [2.45, 2.75) is 19.9 Å². The van der Waals surface area contributed by atoms with Crippen molar-refractivity contribution < 1.29 is 0 Å². The van der Waals surface area contributed by atoms with Gasteiger partial charge in [0.15, 0.2) is 0 Å². The van der Waals surface area contributed by atoms with E-state index in [1.54, 1.807) is 6.07 Å². The van der Waals surface area contributed by atoms with E-state index in [4.69, 9.17) is 17.3 Å². The fraction of sp³-hybridized carbons (Fsp3) is 0.500. The van der Waals surface area contributed by atoms with Crippen LogP contribution >= 0.6 is 11.6 Å². The summed E-state index contributed by atoms with van der Waals surface area (Å²) < 4.78 is 0. The Bertz CT molecular complexity index is 339. The van der Waals surface area contributed by atoms with Gasteiger partial charge in [-0.2, -0.15) is 0 Å². The van der Waals surface area contributed by atoms with Gasteiger partial charge < -0.3 is 16.0 Å². The number of hydrogen-bond donors (Lipinski definition) is 2. The monoisotopic (exact) mass is 241 g/mol. The summed E-state index contributed by atoms with van der Waals surface area (Å²) in [6.45, 7) is 6.18. The molecule has 0 amide bonds. The van der Waals surface area contributed by atoms with Crippen molar-refractivity contribution >= 4 is 23.0 Å². The maximum Gasteiger partial charge on any atom is 0.0739 e. The van der Waals surface area contributed by atoms with E-state index >= 15 is 0 Å². The Morgan fingerprint density at radius 3 is 2.75 bits per heavy atom. The van der Waals surface area contributed by atoms with Gasteiger partial charge in [-0.1, -0.05) is 17.7 Å². The Morgan fingerprint density at radius 1 is 1.44 bits per heavy atom. The van der Waals surface area contributed by atoms with E-state index < -0.39 is 0 Å². The highest BCUT2D eigenvalue weighted by Crippen LogP contribution is 2.26. The highest BCUT2D eigenvalue weighted by atomic mass is 35.5. The molecule has 90 valence electrons. The number of para-hydroxylation sites is 1. The van der Waals surface area contributed by atoms with Crippen LogP contribution in [-0.2, 0) is 0 Å². The van der Waals surface area contributed by atoms with Crippen LogP contribution in [0.1, 0.15) is 13.8 Å². The van der Waals surface area contributed by atoms with Crippen LogP contribution in [0.15, 0.2) is 18.2 Å². The minimum absolute atomic E-state index is 0.554. The molecule has 4 heteroatoms. The topological polar surface area (TPSA) is 41.3 Å². The molecule has 16 heavy (non-hydrogen) atoms. The van der Waals surface area contributed by atoms with E-state index in [2.05, 4.69) is 31.1 Å². The minimum atomic E-state index is 0.554. The molecule has 0 saturated heterocycles. The molecular weight excluding hydrogens is 222 g/mol. The van der Waals surface area contributed by atoms with Crippen LogP contribution in [0.25, 0.3) is 0 Å². The molecule has 0 unspecified atom stereocenters. The van der Waals surface area contributed by atoms with Crippen molar-refractivity contribution in [1.29, 1.82) is 0 Å². The zero-order valence-electron chi connectivity index (χ0n) is 10.1. The van der Waals surface area contributed by atoms with E-state index in [0.717, 1.165) is 18.8 Å². The standard InChI is InChI=1S/C12H20ClN3/c1-9(2)16(3)8-7-15-11-6-4-5-10(13)12(11)14/h4-6,9,15H,7-8,14H2,1-3H3. The lowest BCUT2D eigenvalue weighted by Crippen LogP contribution is -2.31. The first-order valence-corrected chi connectivity index (χ1v) is 5.88. The molecule has 1 aromatic rings. The molecular formula is C12H20ClN3. The van der Waals surface area contributed by atoms with Crippen LogP contribution in [0.4, 0.5) is 11.4 Å². The number of nitrogens with two attached hydrogens (primary N) is 1. The van der Waals surface area contributed by atoms with E-state index in [0.29, 0.717) is 16.8 Å². The van der Waals surface area contributed by atoms with Gasteiger partial charge >= 0.3 is 0 Å². The first-order chi connectivity index (χ1) is 7.52. The SMILES string of the molecule is CC(C)N(C)CCNc1cccc(Cl)c1N. The number of anilines is 2. The Kier molecular flexibility index (Phi) is 4.90. The smallest absolute Gasteiger partial charge is 0.0739 e. The number of hydrogen-bond acceptors (Lipinski definition) is 3. The molecule has 0 radical (unpaired) electrons. The number of nitrogen functional groups attached to an aromatic ring is 1. The van der Waals surface area contributed by atoms with Gasteiger partial charge in [0, 0.05) is 19.1 Å². The van der Waals surface area contributed by atoms with Crippen LogP contribution in [0, 0.1) is 0 Å². The molecule has 0 saturated carbocycles. The maximum atomic E-state index is 5.93. The second kappa shape index (κ2) is 5.97. The molecule has 0 atom stereocenters. The van der Waals surface area contributed by atoms with Crippen molar-refractivity contribution in [3.05, 3.63) is 23.2 Å². The van der Waals surface area contributed by atoms with Crippen LogP contribution in [0.2, 0.25) is 5.02 Å². The van der Waals surface area contributed by atoms with Crippen LogP contribution in [-0.4, -0.2) is 31.1 Å². The summed E-state index contributed by atoms with van der Waals surface area (Å²) >= 11 is 5.93. The predicted octanol–water partition coefficient (Wildman–Crippen LogP) is 2.67. The molecule has 0 aliphatic carbocycles. The van der Waals surface area contributed by atoms with Gasteiger partial charge in [0.1, 0.15) is 0 Å². The Labute approximate surface area is 103 Å². The van der Waals surface area contributed by atoms with Crippen molar-refractivity contribution in [3.8, 4) is 0 Å². The average molecular weight is 242 g/mol. The second-order valence-corrected chi connectivity index (χ2v) is 4.61. The second-order valence-electron chi connectivity index (χ2n) is 4.20. The Morgan fingerprint density at radius 2 is 2.12 bits per heavy atom. The van der Waals surface area contributed by atoms with Gasteiger partial charge in [0.05, 0.1) is 16.4 Å². The molecule has 0 bridgehead atoms. The van der Waals surface area contributed by atoms with E-state index in [-0.39, 0.29) is 0 Å². The molecule has 0 aliphatic rings. The van der Waals surface area contributed by atoms with E-state index in [1.807, 2.05) is 12.1 Å². The van der Waals surface area contributed by atoms with Gasteiger partial charge in [-0.05, 0) is 33.0 Å². The minimum Gasteiger partial charge on any atom is -0.396 e. The molecule has 3 nitrogen and oxygen atoms in total. The molecule has 0 spiro atoms. The molecule has 0 aromatic heterocycles. The lowest BCUT2D eigenvalue weighted by atomic mass is 10.2. The zero-order valence-corrected chi connectivity index (χ0v) is 10.9. The lowest BCUT2D eigenvalue weighted by molar-refractivity contribution is 0.284. The van der Waals surface area contributed by atoms with E-state index in [9.17, 15) is 0 Å². The third kappa shape index (κ3) is 3.58. The first-order valence-electron chi connectivity index (χ1n) is 5.50. The quantitative estimate of drug-likeness (QED) is 0.779. The maximum absolute atomic E-state index is 5.93. The van der Waals surface area contributed by atoms with Gasteiger partial charge in [-0.15, -0.1) is 0 Å². The lowest BCUT2D eigenvalue weighted by Gasteiger charge is -2.21. The third-order valence-electron chi connectivity index (χ3n) is 2.71. The average Bonchev–Trinajstić information content (AvgIpc) is 2.24. The van der Waals surface area contributed by atoms with Crippen LogP contribution < -0.4 is 11.1 Å². The number of nitrogens with zero attached hydrogens (tertiary/aromatic N) is 1. The summed E-state index contributed by atoms with van der Waals surface area (Å²) in [6.07, 6.45) is 0. The molecule has 0 fully saturated rings. The largest absolute Gasteiger partial charge is 0.396 e. The normalized spacial score (nSPS) is 11.1.